The second-order valence-electron chi connectivity index (χ2n) is 3.27. The van der Waals surface area contributed by atoms with E-state index < -0.39 is 12.7 Å². The summed E-state index contributed by atoms with van der Waals surface area (Å²) >= 11 is 0. The molecule has 0 bridgehead atoms. The molecular weight excluding hydrogens is 221 g/mol. The van der Waals surface area contributed by atoms with Gasteiger partial charge in [0.15, 0.2) is 0 Å². The van der Waals surface area contributed by atoms with Gasteiger partial charge in [-0.1, -0.05) is 6.07 Å². The highest BCUT2D eigenvalue weighted by atomic mass is 19.4. The maximum absolute atomic E-state index is 12.3. The third-order valence-corrected chi connectivity index (χ3v) is 2.09. The van der Waals surface area contributed by atoms with E-state index in [4.69, 9.17) is 5.11 Å². The molecule has 0 amide bonds. The average Bonchev–Trinajstić information content (AvgIpc) is 2.24. The minimum atomic E-state index is -4.28. The van der Waals surface area contributed by atoms with Crippen molar-refractivity contribution in [1.29, 1.82) is 0 Å². The molecule has 1 N–H and O–H groups in total. The number of hydrogen-bond acceptors (Lipinski definition) is 3. The molecule has 0 aliphatic carbocycles. The van der Waals surface area contributed by atoms with Crippen LogP contribution in [0.4, 0.5) is 19.0 Å². The summed E-state index contributed by atoms with van der Waals surface area (Å²) in [5, 5.41) is 9.01. The van der Waals surface area contributed by atoms with Gasteiger partial charge in [0.1, 0.15) is 12.4 Å². The Morgan fingerprint density at radius 3 is 2.62 bits per heavy atom. The molecule has 0 spiro atoms. The molecule has 0 aliphatic rings. The molecule has 1 aromatic heterocycles. The second-order valence-corrected chi connectivity index (χ2v) is 3.27. The van der Waals surface area contributed by atoms with Gasteiger partial charge in [-0.05, 0) is 13.0 Å². The Morgan fingerprint density at radius 2 is 2.12 bits per heavy atom. The zero-order valence-corrected chi connectivity index (χ0v) is 8.83. The lowest BCUT2D eigenvalue weighted by molar-refractivity contribution is -0.119. The first-order chi connectivity index (χ1) is 7.48. The summed E-state index contributed by atoms with van der Waals surface area (Å²) in [5.74, 6) is 0.185. The van der Waals surface area contributed by atoms with E-state index in [1.54, 1.807) is 19.1 Å². The number of aliphatic hydroxyl groups is 1. The Hall–Kier alpha value is -1.30. The number of pyridine rings is 1. The first kappa shape index (κ1) is 12.8. The van der Waals surface area contributed by atoms with Gasteiger partial charge in [0.05, 0.1) is 6.61 Å². The van der Waals surface area contributed by atoms with Crippen LogP contribution in [-0.4, -0.2) is 29.4 Å². The molecular formula is C10H13F3N2O. The predicted molar refractivity (Wildman–Crippen MR) is 54.1 cm³/mol. The number of aliphatic hydroxyl groups excluding tert-OH is 1. The van der Waals surface area contributed by atoms with E-state index in [9.17, 15) is 13.2 Å². The van der Waals surface area contributed by atoms with Crippen molar-refractivity contribution >= 4 is 5.82 Å². The van der Waals surface area contributed by atoms with E-state index in [2.05, 4.69) is 4.98 Å². The number of anilines is 1. The Labute approximate surface area is 91.5 Å². The van der Waals surface area contributed by atoms with Gasteiger partial charge in [-0.3, -0.25) is 0 Å². The molecule has 1 rings (SSSR count). The molecule has 6 heteroatoms. The lowest BCUT2D eigenvalue weighted by Crippen LogP contribution is -2.35. The normalized spacial score (nSPS) is 11.6. The van der Waals surface area contributed by atoms with E-state index in [1.807, 2.05) is 0 Å². The number of aromatic nitrogens is 1. The maximum atomic E-state index is 12.3. The highest BCUT2D eigenvalue weighted by Crippen LogP contribution is 2.23. The number of nitrogens with zero attached hydrogens (tertiary/aromatic N) is 2. The third kappa shape index (κ3) is 3.37. The van der Waals surface area contributed by atoms with E-state index in [0.29, 0.717) is 5.56 Å². The van der Waals surface area contributed by atoms with Crippen LogP contribution in [0.2, 0.25) is 0 Å². The van der Waals surface area contributed by atoms with Gasteiger partial charge in [0.2, 0.25) is 0 Å². The van der Waals surface area contributed by atoms with Gasteiger partial charge in [0, 0.05) is 18.3 Å². The smallest absolute Gasteiger partial charge is 0.392 e. The van der Waals surface area contributed by atoms with Crippen LogP contribution in [0, 0.1) is 0 Å². The fraction of sp³-hybridized carbons (Fsp3) is 0.500. The Balaban J connectivity index is 2.94. The minimum absolute atomic E-state index is 0.184. The van der Waals surface area contributed by atoms with Crippen LogP contribution in [0.1, 0.15) is 12.5 Å². The van der Waals surface area contributed by atoms with Gasteiger partial charge in [-0.2, -0.15) is 13.2 Å². The van der Waals surface area contributed by atoms with Crippen molar-refractivity contribution in [2.75, 3.05) is 18.0 Å². The summed E-state index contributed by atoms with van der Waals surface area (Å²) in [6.07, 6.45) is -2.87. The number of hydrogen-bond donors (Lipinski definition) is 1. The van der Waals surface area contributed by atoms with Crippen molar-refractivity contribution in [3.8, 4) is 0 Å². The van der Waals surface area contributed by atoms with Crippen LogP contribution in [0.3, 0.4) is 0 Å². The van der Waals surface area contributed by atoms with Gasteiger partial charge in [-0.15, -0.1) is 0 Å². The third-order valence-electron chi connectivity index (χ3n) is 2.09. The van der Waals surface area contributed by atoms with Gasteiger partial charge < -0.3 is 10.0 Å². The maximum Gasteiger partial charge on any atom is 0.405 e. The summed E-state index contributed by atoms with van der Waals surface area (Å²) in [6, 6.07) is 3.14. The van der Waals surface area contributed by atoms with Crippen molar-refractivity contribution < 1.29 is 18.3 Å². The Morgan fingerprint density at radius 1 is 1.44 bits per heavy atom. The predicted octanol–water partition coefficient (Wildman–Crippen LogP) is 1.96. The molecule has 0 saturated heterocycles. The number of alkyl halides is 3. The monoisotopic (exact) mass is 234 g/mol. The largest absolute Gasteiger partial charge is 0.405 e. The summed E-state index contributed by atoms with van der Waals surface area (Å²) in [5.41, 5.74) is 0.397. The summed E-state index contributed by atoms with van der Waals surface area (Å²) in [6.45, 7) is 0.413. The molecule has 3 nitrogen and oxygen atoms in total. The van der Waals surface area contributed by atoms with E-state index >= 15 is 0 Å². The molecule has 0 radical (unpaired) electrons. The second kappa shape index (κ2) is 5.16. The Bertz CT molecular complexity index is 341. The van der Waals surface area contributed by atoms with Crippen LogP contribution < -0.4 is 4.90 Å². The average molecular weight is 234 g/mol. The zero-order chi connectivity index (χ0) is 12.2. The van der Waals surface area contributed by atoms with Crippen molar-refractivity contribution in [2.45, 2.75) is 19.7 Å². The zero-order valence-electron chi connectivity index (χ0n) is 8.83. The fourth-order valence-corrected chi connectivity index (χ4v) is 1.39. The Kier molecular flexibility index (Phi) is 4.12. The molecule has 0 atom stereocenters. The molecule has 0 unspecified atom stereocenters. The molecule has 90 valence electrons. The van der Waals surface area contributed by atoms with E-state index in [1.165, 1.54) is 6.20 Å². The van der Waals surface area contributed by atoms with Crippen molar-refractivity contribution in [3.05, 3.63) is 23.9 Å². The van der Waals surface area contributed by atoms with Crippen LogP contribution in [0.15, 0.2) is 18.3 Å². The molecule has 1 heterocycles. The molecule has 0 fully saturated rings. The lowest BCUT2D eigenvalue weighted by Gasteiger charge is -2.24. The van der Waals surface area contributed by atoms with Crippen molar-refractivity contribution in [3.63, 3.8) is 0 Å². The van der Waals surface area contributed by atoms with Gasteiger partial charge in [-0.25, -0.2) is 4.98 Å². The fourth-order valence-electron chi connectivity index (χ4n) is 1.39. The lowest BCUT2D eigenvalue weighted by atomic mass is 10.2. The minimum Gasteiger partial charge on any atom is -0.392 e. The van der Waals surface area contributed by atoms with Gasteiger partial charge in [0.25, 0.3) is 0 Å². The van der Waals surface area contributed by atoms with E-state index in [0.717, 1.165) is 4.90 Å². The van der Waals surface area contributed by atoms with Crippen molar-refractivity contribution in [1.82, 2.24) is 4.98 Å². The summed E-state index contributed by atoms with van der Waals surface area (Å²) in [7, 11) is 0. The van der Waals surface area contributed by atoms with E-state index in [-0.39, 0.29) is 19.0 Å². The number of halogens is 3. The van der Waals surface area contributed by atoms with Crippen LogP contribution in [0.25, 0.3) is 0 Å². The molecule has 16 heavy (non-hydrogen) atoms. The molecule has 0 aromatic carbocycles. The topological polar surface area (TPSA) is 36.4 Å². The highest BCUT2D eigenvalue weighted by Gasteiger charge is 2.31. The van der Waals surface area contributed by atoms with Crippen LogP contribution in [-0.2, 0) is 6.61 Å². The van der Waals surface area contributed by atoms with Crippen LogP contribution >= 0.6 is 0 Å². The van der Waals surface area contributed by atoms with Gasteiger partial charge >= 0.3 is 6.18 Å². The standard InChI is InChI=1S/C10H13F3N2O/c1-2-15(7-10(11,12)13)9-8(6-16)4-3-5-14-9/h3-5,16H,2,6-7H2,1H3. The SMILES string of the molecule is CCN(CC(F)(F)F)c1ncccc1CO. The number of rotatable bonds is 4. The molecule has 1 aromatic rings. The van der Waals surface area contributed by atoms with Crippen LogP contribution in [0.5, 0.6) is 0 Å². The highest BCUT2D eigenvalue weighted by molar-refractivity contribution is 5.46. The first-order valence-electron chi connectivity index (χ1n) is 4.84. The summed E-state index contributed by atoms with van der Waals surface area (Å²) < 4.78 is 36.8. The quantitative estimate of drug-likeness (QED) is 0.865. The van der Waals surface area contributed by atoms with Crippen molar-refractivity contribution in [2.24, 2.45) is 0 Å². The molecule has 0 aliphatic heterocycles. The molecule has 0 saturated carbocycles. The first-order valence-corrected chi connectivity index (χ1v) is 4.84. The summed E-state index contributed by atoms with van der Waals surface area (Å²) in [4.78, 5) is 4.96.